The van der Waals surface area contributed by atoms with E-state index in [1.54, 1.807) is 30.3 Å². The van der Waals surface area contributed by atoms with Crippen LogP contribution in [0.3, 0.4) is 0 Å². The van der Waals surface area contributed by atoms with Crippen molar-refractivity contribution in [2.45, 2.75) is 71.0 Å². The number of methoxy groups -OCH3 is 1. The van der Waals surface area contributed by atoms with Crippen LogP contribution < -0.4 is 5.32 Å². The summed E-state index contributed by atoms with van der Waals surface area (Å²) in [4.78, 5) is 72.0. The molecular formula is C26H33NO14. The van der Waals surface area contributed by atoms with Gasteiger partial charge in [-0.05, 0) is 5.56 Å². The third-order valence-electron chi connectivity index (χ3n) is 5.37. The first-order valence-electron chi connectivity index (χ1n) is 12.4. The number of ether oxygens (including phenoxy) is 8. The predicted octanol–water partition coefficient (Wildman–Crippen LogP) is 0.554. The SMILES string of the molecule is COC(=O)C(COC1OC(COC(C)=O)C(OC(C)=O)C(OC(C)=O)C1OC(C)=O)NC(=O)OCc1ccccc1. The fraction of sp³-hybridized carbons (Fsp3) is 0.538. The van der Waals surface area contributed by atoms with Crippen molar-refractivity contribution in [1.29, 1.82) is 0 Å². The summed E-state index contributed by atoms with van der Waals surface area (Å²) in [6.45, 7) is 3.20. The molecule has 1 N–H and O–H groups in total. The second kappa shape index (κ2) is 16.1. The third-order valence-corrected chi connectivity index (χ3v) is 5.37. The number of esters is 5. The van der Waals surface area contributed by atoms with Crippen molar-refractivity contribution in [3.63, 3.8) is 0 Å². The van der Waals surface area contributed by atoms with E-state index in [0.717, 1.165) is 34.8 Å². The molecule has 0 aliphatic carbocycles. The molecule has 1 saturated heterocycles. The maximum absolute atomic E-state index is 12.4. The lowest BCUT2D eigenvalue weighted by Crippen LogP contribution is -2.63. The minimum atomic E-state index is -1.56. The van der Waals surface area contributed by atoms with Gasteiger partial charge in [-0.1, -0.05) is 30.3 Å². The van der Waals surface area contributed by atoms with Crippen molar-refractivity contribution in [1.82, 2.24) is 5.32 Å². The summed E-state index contributed by atoms with van der Waals surface area (Å²) in [5.74, 6) is -4.06. The monoisotopic (exact) mass is 583 g/mol. The number of nitrogens with one attached hydrogen (secondary N) is 1. The molecule has 1 aromatic rings. The Morgan fingerprint density at radius 3 is 1.95 bits per heavy atom. The molecule has 0 spiro atoms. The summed E-state index contributed by atoms with van der Waals surface area (Å²) in [7, 11) is 1.08. The molecule has 1 amide bonds. The lowest BCUT2D eigenvalue weighted by atomic mass is 9.98. The van der Waals surface area contributed by atoms with E-state index < -0.39 is 85.9 Å². The maximum Gasteiger partial charge on any atom is 0.408 e. The molecule has 0 bridgehead atoms. The van der Waals surface area contributed by atoms with Crippen molar-refractivity contribution in [2.24, 2.45) is 0 Å². The highest BCUT2D eigenvalue weighted by atomic mass is 16.7. The molecule has 1 heterocycles. The highest BCUT2D eigenvalue weighted by Gasteiger charge is 2.53. The maximum atomic E-state index is 12.4. The third kappa shape index (κ3) is 11.0. The number of rotatable bonds is 12. The van der Waals surface area contributed by atoms with Crippen LogP contribution in [0, 0.1) is 0 Å². The van der Waals surface area contributed by atoms with Crippen LogP contribution >= 0.6 is 0 Å². The van der Waals surface area contributed by atoms with E-state index >= 15 is 0 Å². The zero-order valence-electron chi connectivity index (χ0n) is 23.2. The number of alkyl carbamates (subject to hydrolysis) is 1. The lowest BCUT2D eigenvalue weighted by molar-refractivity contribution is -0.308. The molecule has 41 heavy (non-hydrogen) atoms. The van der Waals surface area contributed by atoms with Crippen LogP contribution in [0.4, 0.5) is 4.79 Å². The number of benzene rings is 1. The fourth-order valence-corrected chi connectivity index (χ4v) is 3.73. The van der Waals surface area contributed by atoms with E-state index in [2.05, 4.69) is 5.32 Å². The van der Waals surface area contributed by atoms with Gasteiger partial charge in [0.1, 0.15) is 19.3 Å². The molecule has 1 fully saturated rings. The first kappa shape index (κ1) is 33.0. The zero-order chi connectivity index (χ0) is 30.5. The standard InChI is InChI=1S/C26H33NO14/c1-14(28)35-13-20-21(38-15(2)29)22(39-16(3)30)23(40-17(4)31)25(41-20)36-12-19(24(32)34-5)27-26(33)37-11-18-9-7-6-8-10-18/h6-10,19-23,25H,11-13H2,1-5H3,(H,27,33). The van der Waals surface area contributed by atoms with Crippen molar-refractivity contribution in [2.75, 3.05) is 20.3 Å². The van der Waals surface area contributed by atoms with Gasteiger partial charge in [0.25, 0.3) is 0 Å². The first-order valence-corrected chi connectivity index (χ1v) is 12.4. The molecule has 2 rings (SSSR count). The van der Waals surface area contributed by atoms with Crippen LogP contribution in [0.5, 0.6) is 0 Å². The molecule has 6 atom stereocenters. The van der Waals surface area contributed by atoms with Crippen molar-refractivity contribution < 1.29 is 66.7 Å². The Hall–Kier alpha value is -4.24. The van der Waals surface area contributed by atoms with E-state index in [1.165, 1.54) is 0 Å². The van der Waals surface area contributed by atoms with Crippen molar-refractivity contribution in [3.8, 4) is 0 Å². The summed E-state index contributed by atoms with van der Waals surface area (Å²) in [5.41, 5.74) is 0.700. The Morgan fingerprint density at radius 1 is 0.805 bits per heavy atom. The predicted molar refractivity (Wildman–Crippen MR) is 133 cm³/mol. The van der Waals surface area contributed by atoms with Gasteiger partial charge < -0.3 is 43.2 Å². The van der Waals surface area contributed by atoms with E-state index in [1.807, 2.05) is 0 Å². The average Bonchev–Trinajstić information content (AvgIpc) is 2.90. The topological polar surface area (TPSA) is 188 Å². The summed E-state index contributed by atoms with van der Waals surface area (Å²) in [6, 6.07) is 7.36. The quantitative estimate of drug-likeness (QED) is 0.265. The second-order valence-corrected chi connectivity index (χ2v) is 8.68. The Morgan fingerprint density at radius 2 is 1.39 bits per heavy atom. The molecule has 15 nitrogen and oxygen atoms in total. The molecule has 1 aliphatic rings. The van der Waals surface area contributed by atoms with Gasteiger partial charge in [0.2, 0.25) is 0 Å². The van der Waals surface area contributed by atoms with Crippen LogP contribution in [-0.4, -0.2) is 93.0 Å². The zero-order valence-corrected chi connectivity index (χ0v) is 23.2. The minimum Gasteiger partial charge on any atom is -0.467 e. The molecule has 0 radical (unpaired) electrons. The number of amides is 1. The average molecular weight is 584 g/mol. The van der Waals surface area contributed by atoms with Gasteiger partial charge in [-0.15, -0.1) is 0 Å². The van der Waals surface area contributed by atoms with Gasteiger partial charge in [-0.25, -0.2) is 9.59 Å². The Kier molecular flexibility index (Phi) is 13.0. The summed E-state index contributed by atoms with van der Waals surface area (Å²) in [6.07, 6.45) is -8.16. The molecular weight excluding hydrogens is 550 g/mol. The van der Waals surface area contributed by atoms with Gasteiger partial charge in [-0.3, -0.25) is 19.2 Å². The van der Waals surface area contributed by atoms with Crippen molar-refractivity contribution in [3.05, 3.63) is 35.9 Å². The Bertz CT molecular complexity index is 1080. The number of hydrogen-bond donors (Lipinski definition) is 1. The van der Waals surface area contributed by atoms with Gasteiger partial charge in [0, 0.05) is 27.7 Å². The Labute approximate surface area is 235 Å². The van der Waals surface area contributed by atoms with E-state index in [0.29, 0.717) is 5.56 Å². The molecule has 1 aliphatic heterocycles. The van der Waals surface area contributed by atoms with E-state index in [4.69, 9.17) is 37.9 Å². The summed E-state index contributed by atoms with van der Waals surface area (Å²) >= 11 is 0. The van der Waals surface area contributed by atoms with Crippen LogP contribution in [0.2, 0.25) is 0 Å². The van der Waals surface area contributed by atoms with Gasteiger partial charge in [-0.2, -0.15) is 0 Å². The molecule has 0 saturated carbocycles. The molecule has 15 heteroatoms. The first-order chi connectivity index (χ1) is 19.4. The largest absolute Gasteiger partial charge is 0.467 e. The summed E-state index contributed by atoms with van der Waals surface area (Å²) in [5, 5.41) is 2.31. The lowest BCUT2D eigenvalue weighted by Gasteiger charge is -2.44. The minimum absolute atomic E-state index is 0.0822. The van der Waals surface area contributed by atoms with Crippen LogP contribution in [-0.2, 0) is 68.5 Å². The molecule has 6 unspecified atom stereocenters. The number of carbonyl (C=O) groups excluding carboxylic acids is 6. The van der Waals surface area contributed by atoms with E-state index in [-0.39, 0.29) is 6.61 Å². The summed E-state index contributed by atoms with van der Waals surface area (Å²) < 4.78 is 42.3. The van der Waals surface area contributed by atoms with Crippen LogP contribution in [0.15, 0.2) is 30.3 Å². The smallest absolute Gasteiger partial charge is 0.408 e. The van der Waals surface area contributed by atoms with Gasteiger partial charge in [0.05, 0.1) is 13.7 Å². The highest BCUT2D eigenvalue weighted by Crippen LogP contribution is 2.30. The number of carbonyl (C=O) groups is 6. The highest BCUT2D eigenvalue weighted by molar-refractivity contribution is 5.81. The molecule has 1 aromatic carbocycles. The molecule has 0 aromatic heterocycles. The number of hydrogen-bond acceptors (Lipinski definition) is 14. The van der Waals surface area contributed by atoms with Crippen LogP contribution in [0.25, 0.3) is 0 Å². The van der Waals surface area contributed by atoms with Crippen molar-refractivity contribution >= 4 is 35.9 Å². The second-order valence-electron chi connectivity index (χ2n) is 8.68. The fourth-order valence-electron chi connectivity index (χ4n) is 3.73. The van der Waals surface area contributed by atoms with Gasteiger partial charge in [0.15, 0.2) is 30.6 Å². The van der Waals surface area contributed by atoms with Gasteiger partial charge >= 0.3 is 35.9 Å². The normalized spacial score (nSPS) is 22.3. The Balaban J connectivity index is 2.27. The van der Waals surface area contributed by atoms with E-state index in [9.17, 15) is 28.8 Å². The molecule has 226 valence electrons. The van der Waals surface area contributed by atoms with Crippen LogP contribution in [0.1, 0.15) is 33.3 Å².